The van der Waals surface area contributed by atoms with Gasteiger partial charge in [0.25, 0.3) is 0 Å². The highest BCUT2D eigenvalue weighted by atomic mass is 16.1. The van der Waals surface area contributed by atoms with E-state index in [0.717, 1.165) is 25.9 Å². The first-order valence-corrected chi connectivity index (χ1v) is 10.1. The second-order valence-corrected chi connectivity index (χ2v) is 6.92. The van der Waals surface area contributed by atoms with Crippen LogP contribution < -0.4 is 10.6 Å². The molecule has 0 aliphatic heterocycles. The van der Waals surface area contributed by atoms with E-state index in [-0.39, 0.29) is 11.8 Å². The van der Waals surface area contributed by atoms with Gasteiger partial charge in [-0.1, -0.05) is 77.0 Å². The molecule has 0 aromatic heterocycles. The van der Waals surface area contributed by atoms with Gasteiger partial charge >= 0.3 is 0 Å². The molecule has 0 atom stereocenters. The fourth-order valence-electron chi connectivity index (χ4n) is 2.90. The Bertz CT molecular complexity index is 276. The van der Waals surface area contributed by atoms with Gasteiger partial charge in [-0.2, -0.15) is 0 Å². The zero-order chi connectivity index (χ0) is 17.9. The summed E-state index contributed by atoms with van der Waals surface area (Å²) in [4.78, 5) is 21.4. The van der Waals surface area contributed by atoms with Crippen LogP contribution in [0.25, 0.3) is 0 Å². The van der Waals surface area contributed by atoms with Gasteiger partial charge in [-0.3, -0.25) is 9.59 Å². The van der Waals surface area contributed by atoms with E-state index in [1.54, 1.807) is 13.8 Å². The molecule has 4 nitrogen and oxygen atoms in total. The van der Waals surface area contributed by atoms with Crippen molar-refractivity contribution < 1.29 is 9.59 Å². The van der Waals surface area contributed by atoms with E-state index in [9.17, 15) is 9.59 Å². The molecule has 0 heterocycles. The molecule has 0 aromatic rings. The minimum Gasteiger partial charge on any atom is -0.356 e. The first-order valence-electron chi connectivity index (χ1n) is 10.1. The molecule has 0 unspecified atom stereocenters. The Morgan fingerprint density at radius 3 is 0.875 bits per heavy atom. The Morgan fingerprint density at radius 2 is 0.667 bits per heavy atom. The third-order valence-corrected chi connectivity index (χ3v) is 4.35. The molecule has 0 fully saturated rings. The van der Waals surface area contributed by atoms with Crippen molar-refractivity contribution in [1.29, 1.82) is 0 Å². The van der Waals surface area contributed by atoms with Crippen LogP contribution in [0.1, 0.15) is 104 Å². The van der Waals surface area contributed by atoms with E-state index in [1.165, 1.54) is 77.0 Å². The average Bonchev–Trinajstić information content (AvgIpc) is 2.53. The molecule has 0 aromatic carbocycles. The van der Waals surface area contributed by atoms with E-state index in [4.69, 9.17) is 0 Å². The number of rotatable bonds is 17. The minimum atomic E-state index is 0.0833. The van der Waals surface area contributed by atoms with E-state index >= 15 is 0 Å². The monoisotopic (exact) mass is 340 g/mol. The van der Waals surface area contributed by atoms with E-state index in [2.05, 4.69) is 10.6 Å². The van der Waals surface area contributed by atoms with Gasteiger partial charge < -0.3 is 10.6 Å². The SMILES string of the molecule is CC(=O)NCCCCCCCCCCCCCCCCNC(C)=O. The molecule has 4 heteroatoms. The second kappa shape index (κ2) is 18.3. The zero-order valence-electron chi connectivity index (χ0n) is 16.1. The molecule has 0 saturated carbocycles. The summed E-state index contributed by atoms with van der Waals surface area (Å²) in [5.74, 6) is 0.167. The highest BCUT2D eigenvalue weighted by Gasteiger charge is 1.95. The Balaban J connectivity index is 3.00. The molecule has 142 valence electrons. The van der Waals surface area contributed by atoms with Crippen molar-refractivity contribution in [3.63, 3.8) is 0 Å². The Kier molecular flexibility index (Phi) is 17.5. The molecular weight excluding hydrogens is 300 g/mol. The molecule has 2 N–H and O–H groups in total. The highest BCUT2D eigenvalue weighted by Crippen LogP contribution is 2.12. The van der Waals surface area contributed by atoms with Crippen molar-refractivity contribution in [3.8, 4) is 0 Å². The maximum absolute atomic E-state index is 10.7. The molecule has 0 aliphatic rings. The predicted octanol–water partition coefficient (Wildman–Crippen LogP) is 4.72. The van der Waals surface area contributed by atoms with Gasteiger partial charge in [-0.05, 0) is 12.8 Å². The summed E-state index contributed by atoms with van der Waals surface area (Å²) in [6, 6.07) is 0. The number of amides is 2. The van der Waals surface area contributed by atoms with Gasteiger partial charge in [0.05, 0.1) is 0 Å². The molecule has 0 radical (unpaired) electrons. The average molecular weight is 341 g/mol. The third-order valence-electron chi connectivity index (χ3n) is 4.35. The van der Waals surface area contributed by atoms with Crippen LogP contribution in [0.5, 0.6) is 0 Å². The summed E-state index contributed by atoms with van der Waals surface area (Å²) < 4.78 is 0. The fraction of sp³-hybridized carbons (Fsp3) is 0.900. The first kappa shape index (κ1) is 22.9. The number of nitrogens with one attached hydrogen (secondary N) is 2. The normalized spacial score (nSPS) is 10.6. The van der Waals surface area contributed by atoms with Crippen molar-refractivity contribution in [1.82, 2.24) is 10.6 Å². The van der Waals surface area contributed by atoms with Crippen molar-refractivity contribution in [2.45, 2.75) is 104 Å². The summed E-state index contributed by atoms with van der Waals surface area (Å²) in [5.41, 5.74) is 0. The lowest BCUT2D eigenvalue weighted by atomic mass is 10.0. The fourth-order valence-corrected chi connectivity index (χ4v) is 2.90. The van der Waals surface area contributed by atoms with E-state index in [0.29, 0.717) is 0 Å². The quantitative estimate of drug-likeness (QED) is 0.376. The van der Waals surface area contributed by atoms with Gasteiger partial charge in [-0.25, -0.2) is 0 Å². The molecule has 0 rings (SSSR count). The van der Waals surface area contributed by atoms with Crippen molar-refractivity contribution in [3.05, 3.63) is 0 Å². The third kappa shape index (κ3) is 20.9. The number of unbranched alkanes of at least 4 members (excludes halogenated alkanes) is 13. The summed E-state index contributed by atoms with van der Waals surface area (Å²) in [6.45, 7) is 4.83. The van der Waals surface area contributed by atoms with E-state index in [1.807, 2.05) is 0 Å². The predicted molar refractivity (Wildman–Crippen MR) is 102 cm³/mol. The summed E-state index contributed by atoms with van der Waals surface area (Å²) >= 11 is 0. The van der Waals surface area contributed by atoms with Gasteiger partial charge in [0.1, 0.15) is 0 Å². The van der Waals surface area contributed by atoms with E-state index < -0.39 is 0 Å². The van der Waals surface area contributed by atoms with Gasteiger partial charge in [0.15, 0.2) is 0 Å². The topological polar surface area (TPSA) is 58.2 Å². The molecular formula is C20H40N2O2. The standard InChI is InChI=1S/C20H40N2O2/c1-19(23)21-17-15-13-11-9-7-5-3-4-6-8-10-12-14-16-18-22-20(2)24/h3-18H2,1-2H3,(H,21,23)(H,22,24). The van der Waals surface area contributed by atoms with Crippen LogP contribution in [0, 0.1) is 0 Å². The van der Waals surface area contributed by atoms with Gasteiger partial charge in [0.2, 0.25) is 11.8 Å². The molecule has 2 amide bonds. The number of hydrogen-bond donors (Lipinski definition) is 2. The molecule has 0 aliphatic carbocycles. The molecule has 0 bridgehead atoms. The van der Waals surface area contributed by atoms with Crippen LogP contribution in [0.15, 0.2) is 0 Å². The Labute approximate surface area is 149 Å². The molecule has 24 heavy (non-hydrogen) atoms. The second-order valence-electron chi connectivity index (χ2n) is 6.92. The van der Waals surface area contributed by atoms with Crippen LogP contribution in [0.3, 0.4) is 0 Å². The van der Waals surface area contributed by atoms with Crippen molar-refractivity contribution >= 4 is 11.8 Å². The van der Waals surface area contributed by atoms with Crippen LogP contribution in [0.2, 0.25) is 0 Å². The highest BCUT2D eigenvalue weighted by molar-refractivity contribution is 5.72. The van der Waals surface area contributed by atoms with Crippen molar-refractivity contribution in [2.75, 3.05) is 13.1 Å². The number of carbonyl (C=O) groups excluding carboxylic acids is 2. The largest absolute Gasteiger partial charge is 0.356 e. The maximum Gasteiger partial charge on any atom is 0.216 e. The minimum absolute atomic E-state index is 0.0833. The zero-order valence-corrected chi connectivity index (χ0v) is 16.1. The maximum atomic E-state index is 10.7. The molecule has 0 spiro atoms. The van der Waals surface area contributed by atoms with Gasteiger partial charge in [-0.15, -0.1) is 0 Å². The van der Waals surface area contributed by atoms with Crippen LogP contribution in [0.4, 0.5) is 0 Å². The summed E-state index contributed by atoms with van der Waals surface area (Å²) in [5, 5.41) is 5.69. The van der Waals surface area contributed by atoms with Gasteiger partial charge in [0, 0.05) is 26.9 Å². The smallest absolute Gasteiger partial charge is 0.216 e. The number of hydrogen-bond acceptors (Lipinski definition) is 2. The molecule has 0 saturated heterocycles. The van der Waals surface area contributed by atoms with Crippen LogP contribution >= 0.6 is 0 Å². The first-order chi connectivity index (χ1) is 11.6. The Hall–Kier alpha value is -1.06. The van der Waals surface area contributed by atoms with Crippen LogP contribution in [-0.4, -0.2) is 24.9 Å². The summed E-state index contributed by atoms with van der Waals surface area (Å²) in [7, 11) is 0. The number of carbonyl (C=O) groups is 2. The lowest BCUT2D eigenvalue weighted by Gasteiger charge is -2.04. The lowest BCUT2D eigenvalue weighted by molar-refractivity contribution is -0.119. The lowest BCUT2D eigenvalue weighted by Crippen LogP contribution is -2.20. The van der Waals surface area contributed by atoms with Crippen LogP contribution in [-0.2, 0) is 9.59 Å². The Morgan fingerprint density at radius 1 is 0.458 bits per heavy atom. The van der Waals surface area contributed by atoms with Crippen molar-refractivity contribution in [2.24, 2.45) is 0 Å². The summed E-state index contributed by atoms with van der Waals surface area (Å²) in [6.07, 6.45) is 18.2.